The number of carboxylic acids is 1. The Balaban J connectivity index is 1.86. The van der Waals surface area contributed by atoms with Gasteiger partial charge in [0.15, 0.2) is 0 Å². The monoisotopic (exact) mass is 328 g/mol. The van der Waals surface area contributed by atoms with Crippen molar-refractivity contribution in [2.75, 3.05) is 11.9 Å². The molecule has 1 heterocycles. The van der Waals surface area contributed by atoms with Gasteiger partial charge in [-0.3, -0.25) is 10.1 Å². The van der Waals surface area contributed by atoms with Gasteiger partial charge in [-0.1, -0.05) is 43.7 Å². The van der Waals surface area contributed by atoms with Crippen LogP contribution in [0, 0.1) is 0 Å². The summed E-state index contributed by atoms with van der Waals surface area (Å²) in [6.45, 7) is 3.40. The van der Waals surface area contributed by atoms with E-state index >= 15 is 0 Å². The van der Waals surface area contributed by atoms with E-state index in [1.165, 1.54) is 0 Å². The van der Waals surface area contributed by atoms with Crippen LogP contribution in [-0.4, -0.2) is 33.6 Å². The van der Waals surface area contributed by atoms with Crippen molar-refractivity contribution in [1.29, 1.82) is 0 Å². The van der Waals surface area contributed by atoms with Gasteiger partial charge in [0.1, 0.15) is 6.04 Å². The molecule has 0 aliphatic heterocycles. The van der Waals surface area contributed by atoms with E-state index in [4.69, 9.17) is 0 Å². The van der Waals surface area contributed by atoms with Crippen LogP contribution in [0.25, 0.3) is 0 Å². The van der Waals surface area contributed by atoms with Gasteiger partial charge in [0.2, 0.25) is 5.95 Å². The summed E-state index contributed by atoms with van der Waals surface area (Å²) in [4.78, 5) is 19.9. The number of hydrogen-bond donors (Lipinski definition) is 3. The fraction of sp³-hybridized carbons (Fsp3) is 0.389. The van der Waals surface area contributed by atoms with Crippen molar-refractivity contribution in [2.45, 2.75) is 38.8 Å². The van der Waals surface area contributed by atoms with E-state index in [0.717, 1.165) is 30.5 Å². The van der Waals surface area contributed by atoms with E-state index in [2.05, 4.69) is 27.5 Å². The summed E-state index contributed by atoms with van der Waals surface area (Å²) < 4.78 is 0. The van der Waals surface area contributed by atoms with Gasteiger partial charge >= 0.3 is 5.97 Å². The zero-order valence-corrected chi connectivity index (χ0v) is 13.9. The molecule has 1 aromatic carbocycles. The lowest BCUT2D eigenvalue weighted by molar-refractivity contribution is -0.139. The average molecular weight is 328 g/mol. The highest BCUT2D eigenvalue weighted by Crippen LogP contribution is 2.06. The molecule has 2 rings (SSSR count). The van der Waals surface area contributed by atoms with Crippen LogP contribution in [0.4, 0.5) is 5.95 Å². The molecule has 6 heteroatoms. The number of aliphatic carboxylic acids is 1. The Labute approximate surface area is 142 Å². The summed E-state index contributed by atoms with van der Waals surface area (Å²) in [6, 6.07) is 8.95. The Hall–Kier alpha value is -2.47. The average Bonchev–Trinajstić information content (AvgIpc) is 2.60. The number of unbranched alkanes of at least 4 members (excludes halogenated alkanes) is 1. The largest absolute Gasteiger partial charge is 0.480 e. The van der Waals surface area contributed by atoms with Gasteiger partial charge in [0.25, 0.3) is 0 Å². The second-order valence-electron chi connectivity index (χ2n) is 5.66. The summed E-state index contributed by atoms with van der Waals surface area (Å²) in [6.07, 6.45) is 6.07. The zero-order chi connectivity index (χ0) is 17.2. The molecular formula is C18H24N4O2. The summed E-state index contributed by atoms with van der Waals surface area (Å²) >= 11 is 0. The van der Waals surface area contributed by atoms with Crippen molar-refractivity contribution in [3.63, 3.8) is 0 Å². The minimum atomic E-state index is -0.863. The number of carboxylic acid groups (broad SMARTS) is 1. The Morgan fingerprint density at radius 3 is 2.50 bits per heavy atom. The van der Waals surface area contributed by atoms with Crippen LogP contribution in [0.3, 0.4) is 0 Å². The topological polar surface area (TPSA) is 87.1 Å². The second-order valence-corrected chi connectivity index (χ2v) is 5.66. The highest BCUT2D eigenvalue weighted by molar-refractivity contribution is 5.73. The third-order valence-electron chi connectivity index (χ3n) is 3.65. The Morgan fingerprint density at radius 2 is 1.88 bits per heavy atom. The molecule has 1 atom stereocenters. The summed E-state index contributed by atoms with van der Waals surface area (Å²) in [5, 5.41) is 15.6. The van der Waals surface area contributed by atoms with E-state index in [0.29, 0.717) is 18.9 Å². The Morgan fingerprint density at radius 1 is 1.17 bits per heavy atom. The molecule has 0 saturated heterocycles. The minimum Gasteiger partial charge on any atom is -0.480 e. The van der Waals surface area contributed by atoms with E-state index in [9.17, 15) is 9.90 Å². The molecule has 0 saturated carbocycles. The second kappa shape index (κ2) is 9.62. The van der Waals surface area contributed by atoms with Gasteiger partial charge in [0, 0.05) is 31.0 Å². The third-order valence-corrected chi connectivity index (χ3v) is 3.65. The van der Waals surface area contributed by atoms with Gasteiger partial charge in [-0.05, 0) is 18.4 Å². The molecule has 24 heavy (non-hydrogen) atoms. The fourth-order valence-corrected chi connectivity index (χ4v) is 2.25. The molecule has 0 bridgehead atoms. The van der Waals surface area contributed by atoms with Gasteiger partial charge in [-0.2, -0.15) is 0 Å². The Kier molecular flexibility index (Phi) is 7.17. The van der Waals surface area contributed by atoms with Gasteiger partial charge in [-0.15, -0.1) is 0 Å². The number of nitrogens with zero attached hydrogens (tertiary/aromatic N) is 2. The molecule has 0 amide bonds. The molecule has 0 radical (unpaired) electrons. The zero-order valence-electron chi connectivity index (χ0n) is 13.9. The molecule has 0 spiro atoms. The van der Waals surface area contributed by atoms with E-state index in [1.807, 2.05) is 30.3 Å². The number of aromatic nitrogens is 2. The first-order valence-electron chi connectivity index (χ1n) is 8.24. The molecule has 0 aliphatic carbocycles. The summed E-state index contributed by atoms with van der Waals surface area (Å²) in [5.41, 5.74) is 1.85. The lowest BCUT2D eigenvalue weighted by Crippen LogP contribution is -2.38. The fourth-order valence-electron chi connectivity index (χ4n) is 2.25. The number of anilines is 1. The maximum atomic E-state index is 11.4. The van der Waals surface area contributed by atoms with Crippen molar-refractivity contribution in [2.24, 2.45) is 0 Å². The highest BCUT2D eigenvalue weighted by atomic mass is 16.4. The maximum Gasteiger partial charge on any atom is 0.321 e. The van der Waals surface area contributed by atoms with E-state index < -0.39 is 12.0 Å². The molecule has 1 unspecified atom stereocenters. The predicted molar refractivity (Wildman–Crippen MR) is 93.8 cm³/mol. The van der Waals surface area contributed by atoms with Crippen molar-refractivity contribution in [3.05, 3.63) is 53.9 Å². The summed E-state index contributed by atoms with van der Waals surface area (Å²) in [5.74, 6) is -0.260. The number of nitrogens with one attached hydrogen (secondary N) is 2. The number of hydrogen-bond acceptors (Lipinski definition) is 5. The first-order chi connectivity index (χ1) is 11.7. The van der Waals surface area contributed by atoms with Crippen LogP contribution in [0.15, 0.2) is 42.7 Å². The molecule has 6 nitrogen and oxygen atoms in total. The molecule has 2 aromatic rings. The van der Waals surface area contributed by atoms with Crippen molar-refractivity contribution >= 4 is 11.9 Å². The quantitative estimate of drug-likeness (QED) is 0.581. The lowest BCUT2D eigenvalue weighted by atomic mass is 10.1. The van der Waals surface area contributed by atoms with Crippen LogP contribution in [0.1, 0.15) is 30.9 Å². The van der Waals surface area contributed by atoms with Crippen LogP contribution >= 0.6 is 0 Å². The number of carbonyl (C=O) groups is 1. The van der Waals surface area contributed by atoms with Crippen molar-refractivity contribution in [1.82, 2.24) is 15.3 Å². The van der Waals surface area contributed by atoms with E-state index in [-0.39, 0.29) is 0 Å². The predicted octanol–water partition coefficient (Wildman–Crippen LogP) is 2.47. The Bertz CT molecular complexity index is 617. The van der Waals surface area contributed by atoms with Crippen molar-refractivity contribution in [3.8, 4) is 0 Å². The maximum absolute atomic E-state index is 11.4. The first-order valence-corrected chi connectivity index (χ1v) is 8.24. The first kappa shape index (κ1) is 17.9. The van der Waals surface area contributed by atoms with Crippen LogP contribution in [0.2, 0.25) is 0 Å². The molecule has 3 N–H and O–H groups in total. The minimum absolute atomic E-state index is 0.416. The normalized spacial score (nSPS) is 11.9. The van der Waals surface area contributed by atoms with Crippen molar-refractivity contribution < 1.29 is 9.90 Å². The SMILES string of the molecule is CCCCNc1ncc(CNC(Cc2ccccc2)C(=O)O)cn1. The van der Waals surface area contributed by atoms with Gasteiger partial charge in [0.05, 0.1) is 0 Å². The molecule has 0 aliphatic rings. The number of benzene rings is 1. The number of rotatable bonds is 10. The standard InChI is InChI=1S/C18H24N4O2/c1-2-3-9-19-18-21-12-15(13-22-18)11-20-16(17(23)24)10-14-7-5-4-6-8-14/h4-8,12-13,16,20H,2-3,9-11H2,1H3,(H,23,24)(H,19,21,22). The van der Waals surface area contributed by atoms with Crippen LogP contribution in [-0.2, 0) is 17.8 Å². The smallest absolute Gasteiger partial charge is 0.321 e. The summed E-state index contributed by atoms with van der Waals surface area (Å²) in [7, 11) is 0. The molecular weight excluding hydrogens is 304 g/mol. The van der Waals surface area contributed by atoms with E-state index in [1.54, 1.807) is 12.4 Å². The van der Waals surface area contributed by atoms with Crippen LogP contribution < -0.4 is 10.6 Å². The van der Waals surface area contributed by atoms with Gasteiger partial charge in [-0.25, -0.2) is 9.97 Å². The molecule has 128 valence electrons. The lowest BCUT2D eigenvalue weighted by Gasteiger charge is -2.14. The third kappa shape index (κ3) is 5.96. The van der Waals surface area contributed by atoms with Gasteiger partial charge < -0.3 is 10.4 Å². The molecule has 1 aromatic heterocycles. The highest BCUT2D eigenvalue weighted by Gasteiger charge is 2.17. The molecule has 0 fully saturated rings. The van der Waals surface area contributed by atoms with Crippen LogP contribution in [0.5, 0.6) is 0 Å².